The van der Waals surface area contributed by atoms with Gasteiger partial charge in [-0.2, -0.15) is 0 Å². The Morgan fingerprint density at radius 3 is 2.53 bits per heavy atom. The molecule has 0 spiro atoms. The first-order chi connectivity index (χ1) is 9.34. The molecule has 94 valence electrons. The minimum atomic E-state index is 0.0598. The number of benzene rings is 1. The highest BCUT2D eigenvalue weighted by molar-refractivity contribution is 5.96. The molecule has 2 aromatic rings. The fraction of sp³-hybridized carbons (Fsp3) is 0.125. The summed E-state index contributed by atoms with van der Waals surface area (Å²) in [5.74, 6) is 0.0598. The van der Waals surface area contributed by atoms with Crippen molar-refractivity contribution < 1.29 is 4.79 Å². The maximum absolute atomic E-state index is 12.3. The van der Waals surface area contributed by atoms with E-state index in [1.54, 1.807) is 24.5 Å². The van der Waals surface area contributed by atoms with Crippen LogP contribution in [-0.2, 0) is 0 Å². The van der Waals surface area contributed by atoms with Gasteiger partial charge in [0.15, 0.2) is 0 Å². The summed E-state index contributed by atoms with van der Waals surface area (Å²) in [6.45, 7) is 1.34. The van der Waals surface area contributed by atoms with E-state index in [1.165, 1.54) is 11.1 Å². The van der Waals surface area contributed by atoms with Gasteiger partial charge < -0.3 is 4.90 Å². The van der Waals surface area contributed by atoms with Gasteiger partial charge in [-0.05, 0) is 23.3 Å². The van der Waals surface area contributed by atoms with Gasteiger partial charge in [0.2, 0.25) is 0 Å². The smallest absolute Gasteiger partial charge is 0.254 e. The van der Waals surface area contributed by atoms with Crippen LogP contribution in [0.1, 0.15) is 15.9 Å². The number of carbonyl (C=O) groups is 1. The van der Waals surface area contributed by atoms with Crippen LogP contribution in [0.3, 0.4) is 0 Å². The molecule has 3 heteroatoms. The molecule has 0 radical (unpaired) electrons. The van der Waals surface area contributed by atoms with Crippen LogP contribution in [0, 0.1) is 0 Å². The van der Waals surface area contributed by atoms with E-state index in [1.807, 2.05) is 23.1 Å². The second-order valence-electron chi connectivity index (χ2n) is 4.52. The van der Waals surface area contributed by atoms with Crippen molar-refractivity contribution in [1.29, 1.82) is 0 Å². The van der Waals surface area contributed by atoms with E-state index in [4.69, 9.17) is 0 Å². The molecule has 0 saturated carbocycles. The number of aromatic nitrogens is 1. The first-order valence-corrected chi connectivity index (χ1v) is 6.28. The van der Waals surface area contributed by atoms with Gasteiger partial charge in [0.25, 0.3) is 5.91 Å². The summed E-state index contributed by atoms with van der Waals surface area (Å²) in [6, 6.07) is 13.7. The molecule has 0 fully saturated rings. The highest BCUT2D eigenvalue weighted by Gasteiger charge is 2.21. The molecular formula is C16H14N2O. The molecule has 1 aliphatic heterocycles. The number of amides is 1. The van der Waals surface area contributed by atoms with Gasteiger partial charge in [-0.3, -0.25) is 9.78 Å². The molecule has 1 amide bonds. The van der Waals surface area contributed by atoms with Crippen LogP contribution in [0.25, 0.3) is 5.57 Å². The van der Waals surface area contributed by atoms with E-state index in [0.29, 0.717) is 18.7 Å². The summed E-state index contributed by atoms with van der Waals surface area (Å²) >= 11 is 0. The molecule has 0 atom stereocenters. The molecule has 3 nitrogen and oxygen atoms in total. The average molecular weight is 250 g/mol. The lowest BCUT2D eigenvalue weighted by molar-refractivity contribution is 0.0801. The lowest BCUT2D eigenvalue weighted by atomic mass is 10.1. The molecule has 1 aromatic carbocycles. The molecule has 0 unspecified atom stereocenters. The molecule has 1 aliphatic rings. The SMILES string of the molecule is O=C(c1ccncc1)N1CC=C(c2ccccc2)C1. The lowest BCUT2D eigenvalue weighted by Gasteiger charge is -2.16. The zero-order valence-electron chi connectivity index (χ0n) is 10.5. The Hall–Kier alpha value is -2.42. The van der Waals surface area contributed by atoms with Crippen LogP contribution in [-0.4, -0.2) is 28.9 Å². The zero-order chi connectivity index (χ0) is 13.1. The van der Waals surface area contributed by atoms with Gasteiger partial charge in [-0.15, -0.1) is 0 Å². The Morgan fingerprint density at radius 2 is 1.79 bits per heavy atom. The molecule has 0 saturated heterocycles. The lowest BCUT2D eigenvalue weighted by Crippen LogP contribution is -2.28. The maximum atomic E-state index is 12.3. The number of nitrogens with zero attached hydrogens (tertiary/aromatic N) is 2. The van der Waals surface area contributed by atoms with Gasteiger partial charge in [-0.25, -0.2) is 0 Å². The van der Waals surface area contributed by atoms with Crippen molar-refractivity contribution in [2.24, 2.45) is 0 Å². The minimum Gasteiger partial charge on any atom is -0.331 e. The van der Waals surface area contributed by atoms with Gasteiger partial charge >= 0.3 is 0 Å². The third-order valence-corrected chi connectivity index (χ3v) is 3.28. The van der Waals surface area contributed by atoms with Crippen LogP contribution in [0.5, 0.6) is 0 Å². The Kier molecular flexibility index (Phi) is 3.11. The minimum absolute atomic E-state index is 0.0598. The van der Waals surface area contributed by atoms with Crippen molar-refractivity contribution in [3.05, 3.63) is 72.1 Å². The fourth-order valence-electron chi connectivity index (χ4n) is 2.25. The second kappa shape index (κ2) is 5.06. The van der Waals surface area contributed by atoms with Gasteiger partial charge in [0, 0.05) is 31.0 Å². The second-order valence-corrected chi connectivity index (χ2v) is 4.52. The maximum Gasteiger partial charge on any atom is 0.254 e. The van der Waals surface area contributed by atoms with Crippen LogP contribution < -0.4 is 0 Å². The summed E-state index contributed by atoms with van der Waals surface area (Å²) in [6.07, 6.45) is 5.41. The summed E-state index contributed by atoms with van der Waals surface area (Å²) < 4.78 is 0. The number of pyridine rings is 1. The standard InChI is InChI=1S/C16H14N2O/c19-16(14-6-9-17-10-7-14)18-11-8-15(12-18)13-4-2-1-3-5-13/h1-10H,11-12H2. The highest BCUT2D eigenvalue weighted by atomic mass is 16.2. The third-order valence-electron chi connectivity index (χ3n) is 3.28. The van der Waals surface area contributed by atoms with Crippen LogP contribution in [0.2, 0.25) is 0 Å². The molecule has 0 aliphatic carbocycles. The molecule has 2 heterocycles. The van der Waals surface area contributed by atoms with Crippen LogP contribution in [0.15, 0.2) is 60.9 Å². The monoisotopic (exact) mass is 250 g/mol. The van der Waals surface area contributed by atoms with Crippen molar-refractivity contribution in [2.75, 3.05) is 13.1 Å². The van der Waals surface area contributed by atoms with Gasteiger partial charge in [-0.1, -0.05) is 36.4 Å². The Balaban J connectivity index is 1.73. The summed E-state index contributed by atoms with van der Waals surface area (Å²) in [5.41, 5.74) is 3.09. The van der Waals surface area contributed by atoms with E-state index in [0.717, 1.165) is 0 Å². The Morgan fingerprint density at radius 1 is 1.05 bits per heavy atom. The summed E-state index contributed by atoms with van der Waals surface area (Å²) in [4.78, 5) is 18.1. The number of hydrogen-bond donors (Lipinski definition) is 0. The predicted octanol–water partition coefficient (Wildman–Crippen LogP) is 2.62. The van der Waals surface area contributed by atoms with E-state index in [-0.39, 0.29) is 5.91 Å². The molecule has 3 rings (SSSR count). The van der Waals surface area contributed by atoms with E-state index in [9.17, 15) is 4.79 Å². The van der Waals surface area contributed by atoms with Crippen molar-refractivity contribution in [3.8, 4) is 0 Å². The first-order valence-electron chi connectivity index (χ1n) is 6.28. The van der Waals surface area contributed by atoms with Crippen molar-refractivity contribution in [2.45, 2.75) is 0 Å². The normalized spacial score (nSPS) is 14.3. The molecular weight excluding hydrogens is 236 g/mol. The topological polar surface area (TPSA) is 33.2 Å². The molecule has 1 aromatic heterocycles. The Bertz CT molecular complexity index is 605. The van der Waals surface area contributed by atoms with Crippen molar-refractivity contribution >= 4 is 11.5 Å². The molecule has 0 N–H and O–H groups in total. The van der Waals surface area contributed by atoms with Gasteiger partial charge in [0.05, 0.1) is 0 Å². The summed E-state index contributed by atoms with van der Waals surface area (Å²) in [5, 5.41) is 0. The van der Waals surface area contributed by atoms with E-state index < -0.39 is 0 Å². The van der Waals surface area contributed by atoms with Gasteiger partial charge in [0.1, 0.15) is 0 Å². The van der Waals surface area contributed by atoms with Crippen molar-refractivity contribution in [1.82, 2.24) is 9.88 Å². The zero-order valence-corrected chi connectivity index (χ0v) is 10.5. The van der Waals surface area contributed by atoms with E-state index in [2.05, 4.69) is 23.2 Å². The number of carbonyl (C=O) groups excluding carboxylic acids is 1. The van der Waals surface area contributed by atoms with Crippen LogP contribution in [0.4, 0.5) is 0 Å². The highest BCUT2D eigenvalue weighted by Crippen LogP contribution is 2.21. The quantitative estimate of drug-likeness (QED) is 0.821. The number of hydrogen-bond acceptors (Lipinski definition) is 2. The van der Waals surface area contributed by atoms with E-state index >= 15 is 0 Å². The first kappa shape index (κ1) is 11.7. The third kappa shape index (κ3) is 2.40. The van der Waals surface area contributed by atoms with Crippen LogP contribution >= 0.6 is 0 Å². The molecule has 19 heavy (non-hydrogen) atoms. The summed E-state index contributed by atoms with van der Waals surface area (Å²) in [7, 11) is 0. The number of rotatable bonds is 2. The van der Waals surface area contributed by atoms with Crippen molar-refractivity contribution in [3.63, 3.8) is 0 Å². The largest absolute Gasteiger partial charge is 0.331 e. The molecule has 0 bridgehead atoms. The fourth-order valence-corrected chi connectivity index (χ4v) is 2.25. The Labute approximate surface area is 112 Å². The average Bonchev–Trinajstić information content (AvgIpc) is 2.98. The predicted molar refractivity (Wildman–Crippen MR) is 74.6 cm³/mol.